The van der Waals surface area contributed by atoms with E-state index in [0.29, 0.717) is 6.61 Å². The van der Waals surface area contributed by atoms with Crippen molar-refractivity contribution >= 4 is 15.5 Å². The molecule has 0 aliphatic heterocycles. The molecule has 0 aliphatic carbocycles. The molecular weight excluding hydrogens is 233 g/mol. The standard InChI is InChI=1S/C10H14FNO3S/c1-2-15-3-4-16(13,14)10-6-8(11)5-9(12)7-10/h5-7H,2-4,12H2,1H3. The summed E-state index contributed by atoms with van der Waals surface area (Å²) < 4.78 is 41.3. The lowest BCUT2D eigenvalue weighted by Crippen LogP contribution is -2.13. The SMILES string of the molecule is CCOCCS(=O)(=O)c1cc(N)cc(F)c1. The number of sulfone groups is 1. The maximum absolute atomic E-state index is 13.0. The van der Waals surface area contributed by atoms with Gasteiger partial charge in [0, 0.05) is 12.3 Å². The van der Waals surface area contributed by atoms with Gasteiger partial charge in [0.15, 0.2) is 9.84 Å². The molecule has 0 saturated carbocycles. The average Bonchev–Trinajstić information content (AvgIpc) is 2.16. The van der Waals surface area contributed by atoms with Crippen LogP contribution in [0.4, 0.5) is 10.1 Å². The van der Waals surface area contributed by atoms with Gasteiger partial charge in [-0.25, -0.2) is 12.8 Å². The van der Waals surface area contributed by atoms with Crippen LogP contribution < -0.4 is 5.73 Å². The van der Waals surface area contributed by atoms with Crippen molar-refractivity contribution in [2.45, 2.75) is 11.8 Å². The fourth-order valence-corrected chi connectivity index (χ4v) is 2.38. The summed E-state index contributed by atoms with van der Waals surface area (Å²) in [5.74, 6) is -0.834. The highest BCUT2D eigenvalue weighted by molar-refractivity contribution is 7.91. The van der Waals surface area contributed by atoms with Crippen LogP contribution in [0.5, 0.6) is 0 Å². The Labute approximate surface area is 94.1 Å². The third kappa shape index (κ3) is 3.46. The first kappa shape index (κ1) is 12.9. The molecule has 90 valence electrons. The lowest BCUT2D eigenvalue weighted by Gasteiger charge is -2.05. The molecule has 0 saturated heterocycles. The van der Waals surface area contributed by atoms with Gasteiger partial charge in [-0.15, -0.1) is 0 Å². The second-order valence-corrected chi connectivity index (χ2v) is 5.35. The first-order valence-corrected chi connectivity index (χ1v) is 6.47. The molecule has 2 N–H and O–H groups in total. The molecule has 0 aliphatic rings. The van der Waals surface area contributed by atoms with Crippen molar-refractivity contribution in [3.05, 3.63) is 24.0 Å². The summed E-state index contributed by atoms with van der Waals surface area (Å²) in [4.78, 5) is -0.107. The van der Waals surface area contributed by atoms with Gasteiger partial charge < -0.3 is 10.5 Å². The van der Waals surface area contributed by atoms with E-state index in [1.807, 2.05) is 0 Å². The molecule has 0 unspecified atom stereocenters. The normalized spacial score (nSPS) is 11.6. The molecule has 0 fully saturated rings. The van der Waals surface area contributed by atoms with Crippen molar-refractivity contribution in [3.8, 4) is 0 Å². The third-order valence-electron chi connectivity index (χ3n) is 1.95. The highest BCUT2D eigenvalue weighted by Crippen LogP contribution is 2.17. The van der Waals surface area contributed by atoms with E-state index in [1.54, 1.807) is 6.92 Å². The molecule has 0 aromatic heterocycles. The lowest BCUT2D eigenvalue weighted by molar-refractivity contribution is 0.163. The van der Waals surface area contributed by atoms with Gasteiger partial charge in [-0.05, 0) is 25.1 Å². The van der Waals surface area contributed by atoms with Crippen LogP contribution in [-0.2, 0) is 14.6 Å². The number of hydrogen-bond acceptors (Lipinski definition) is 4. The smallest absolute Gasteiger partial charge is 0.180 e. The molecule has 0 amide bonds. The minimum atomic E-state index is -3.52. The van der Waals surface area contributed by atoms with Crippen LogP contribution in [-0.4, -0.2) is 27.4 Å². The number of benzene rings is 1. The minimum absolute atomic E-state index is 0.0925. The molecule has 6 heteroatoms. The Bertz CT molecular complexity index is 439. The van der Waals surface area contributed by atoms with Gasteiger partial charge in [-0.3, -0.25) is 0 Å². The van der Waals surface area contributed by atoms with E-state index < -0.39 is 15.7 Å². The van der Waals surface area contributed by atoms with Gasteiger partial charge in [0.1, 0.15) is 5.82 Å². The minimum Gasteiger partial charge on any atom is -0.399 e. The maximum Gasteiger partial charge on any atom is 0.180 e. The van der Waals surface area contributed by atoms with Gasteiger partial charge in [0.05, 0.1) is 17.3 Å². The van der Waals surface area contributed by atoms with E-state index in [2.05, 4.69) is 0 Å². The average molecular weight is 247 g/mol. The van der Waals surface area contributed by atoms with E-state index in [9.17, 15) is 12.8 Å². The van der Waals surface area contributed by atoms with Crippen LogP contribution in [0, 0.1) is 5.82 Å². The number of halogens is 1. The van der Waals surface area contributed by atoms with E-state index in [4.69, 9.17) is 10.5 Å². The first-order valence-electron chi connectivity index (χ1n) is 4.82. The van der Waals surface area contributed by atoms with E-state index in [-0.39, 0.29) is 22.9 Å². The van der Waals surface area contributed by atoms with Crippen molar-refractivity contribution in [1.82, 2.24) is 0 Å². The topological polar surface area (TPSA) is 69.4 Å². The zero-order chi connectivity index (χ0) is 12.2. The molecule has 1 aromatic rings. The van der Waals surface area contributed by atoms with E-state index in [0.717, 1.165) is 12.1 Å². The Hall–Kier alpha value is -1.14. The maximum atomic E-state index is 13.0. The number of nitrogens with two attached hydrogens (primary N) is 1. The largest absolute Gasteiger partial charge is 0.399 e. The van der Waals surface area contributed by atoms with E-state index >= 15 is 0 Å². The van der Waals surface area contributed by atoms with Gasteiger partial charge in [-0.1, -0.05) is 0 Å². The van der Waals surface area contributed by atoms with Crippen LogP contribution in [0.15, 0.2) is 23.1 Å². The Kier molecular flexibility index (Phi) is 4.26. The van der Waals surface area contributed by atoms with E-state index in [1.165, 1.54) is 6.07 Å². The number of hydrogen-bond donors (Lipinski definition) is 1. The van der Waals surface area contributed by atoms with Crippen LogP contribution in [0.25, 0.3) is 0 Å². The molecule has 0 heterocycles. The number of ether oxygens (including phenoxy) is 1. The van der Waals surface area contributed by atoms with Crippen LogP contribution in [0.3, 0.4) is 0 Å². The molecule has 0 spiro atoms. The Morgan fingerprint density at radius 3 is 2.62 bits per heavy atom. The second-order valence-electron chi connectivity index (χ2n) is 3.24. The van der Waals surface area contributed by atoms with Crippen molar-refractivity contribution in [2.24, 2.45) is 0 Å². The zero-order valence-electron chi connectivity index (χ0n) is 8.94. The Morgan fingerprint density at radius 1 is 1.38 bits per heavy atom. The second kappa shape index (κ2) is 5.27. The molecule has 0 radical (unpaired) electrons. The summed E-state index contributed by atoms with van der Waals surface area (Å²) in [5, 5.41) is 0. The molecule has 0 atom stereocenters. The molecule has 1 aromatic carbocycles. The van der Waals surface area contributed by atoms with Crippen LogP contribution in [0.1, 0.15) is 6.92 Å². The summed E-state index contributed by atoms with van der Waals surface area (Å²) in [5.41, 5.74) is 5.47. The van der Waals surface area contributed by atoms with Crippen LogP contribution >= 0.6 is 0 Å². The molecule has 4 nitrogen and oxygen atoms in total. The van der Waals surface area contributed by atoms with Gasteiger partial charge >= 0.3 is 0 Å². The van der Waals surface area contributed by atoms with Crippen molar-refractivity contribution < 1.29 is 17.5 Å². The third-order valence-corrected chi connectivity index (χ3v) is 3.61. The summed E-state index contributed by atoms with van der Waals surface area (Å²) in [6.45, 7) is 2.31. The first-order chi connectivity index (χ1) is 7.45. The number of nitrogen functional groups attached to an aromatic ring is 1. The predicted octanol–water partition coefficient (Wildman–Crippen LogP) is 1.22. The number of anilines is 1. The summed E-state index contributed by atoms with van der Waals surface area (Å²) in [6, 6.07) is 3.27. The van der Waals surface area contributed by atoms with Gasteiger partial charge in [-0.2, -0.15) is 0 Å². The Balaban J connectivity index is 2.89. The monoisotopic (exact) mass is 247 g/mol. The van der Waals surface area contributed by atoms with Crippen molar-refractivity contribution in [3.63, 3.8) is 0 Å². The van der Waals surface area contributed by atoms with Crippen LogP contribution in [0.2, 0.25) is 0 Å². The fraction of sp³-hybridized carbons (Fsp3) is 0.400. The van der Waals surface area contributed by atoms with Gasteiger partial charge in [0.2, 0.25) is 0 Å². The quantitative estimate of drug-likeness (QED) is 0.627. The Morgan fingerprint density at radius 2 is 2.06 bits per heavy atom. The number of rotatable bonds is 5. The molecular formula is C10H14FNO3S. The van der Waals surface area contributed by atoms with Crippen molar-refractivity contribution in [2.75, 3.05) is 24.7 Å². The molecule has 0 bridgehead atoms. The van der Waals surface area contributed by atoms with Crippen molar-refractivity contribution in [1.29, 1.82) is 0 Å². The summed E-state index contributed by atoms with van der Waals surface area (Å²) >= 11 is 0. The lowest BCUT2D eigenvalue weighted by atomic mass is 10.3. The molecule has 1 rings (SSSR count). The molecule has 16 heavy (non-hydrogen) atoms. The van der Waals surface area contributed by atoms with Gasteiger partial charge in [0.25, 0.3) is 0 Å². The summed E-state index contributed by atoms with van der Waals surface area (Å²) in [7, 11) is -3.52. The highest BCUT2D eigenvalue weighted by Gasteiger charge is 2.15. The fourth-order valence-electron chi connectivity index (χ4n) is 1.19. The predicted molar refractivity (Wildman–Crippen MR) is 59.4 cm³/mol. The summed E-state index contributed by atoms with van der Waals surface area (Å²) in [6.07, 6.45) is 0. The zero-order valence-corrected chi connectivity index (χ0v) is 9.76. The highest BCUT2D eigenvalue weighted by atomic mass is 32.2.